The molecule has 0 fully saturated rings. The largest absolute Gasteiger partial charge is 0.398 e. The van der Waals surface area contributed by atoms with E-state index in [9.17, 15) is 0 Å². The van der Waals surface area contributed by atoms with Crippen LogP contribution in [0.15, 0.2) is 24.3 Å². The molecule has 0 aliphatic rings. The zero-order chi connectivity index (χ0) is 11.5. The van der Waals surface area contributed by atoms with Crippen molar-refractivity contribution >= 4 is 5.69 Å². The van der Waals surface area contributed by atoms with E-state index in [0.29, 0.717) is 12.2 Å². The number of aryl methyl sites for hydroxylation is 2. The second kappa shape index (κ2) is 4.26. The molecular weight excluding hydrogens is 200 g/mol. The number of benzene rings is 1. The Labute approximate surface area is 94.6 Å². The maximum Gasteiger partial charge on any atom is 0.155 e. The molecule has 0 aliphatic heterocycles. The van der Waals surface area contributed by atoms with Crippen LogP contribution in [-0.4, -0.2) is 15.2 Å². The molecule has 0 spiro atoms. The van der Waals surface area contributed by atoms with Crippen molar-refractivity contribution in [3.63, 3.8) is 0 Å². The van der Waals surface area contributed by atoms with E-state index in [1.54, 1.807) is 0 Å². The summed E-state index contributed by atoms with van der Waals surface area (Å²) in [6, 6.07) is 7.73. The van der Waals surface area contributed by atoms with Gasteiger partial charge in [0, 0.05) is 12.1 Å². The van der Waals surface area contributed by atoms with Gasteiger partial charge in [-0.05, 0) is 25.5 Å². The Morgan fingerprint density at radius 1 is 1.06 bits per heavy atom. The summed E-state index contributed by atoms with van der Waals surface area (Å²) >= 11 is 0. The van der Waals surface area contributed by atoms with Gasteiger partial charge >= 0.3 is 0 Å². The van der Waals surface area contributed by atoms with Gasteiger partial charge in [0.15, 0.2) is 5.82 Å². The molecule has 0 amide bonds. The van der Waals surface area contributed by atoms with Gasteiger partial charge in [0.1, 0.15) is 0 Å². The van der Waals surface area contributed by atoms with Gasteiger partial charge in [0.25, 0.3) is 0 Å². The standard InChI is InChI=1S/C12H14N4/c1-8-9(2)15-16-12(14-8)7-10-5-3-4-6-11(10)13/h3-6H,7,13H2,1-2H3. The number of aromatic nitrogens is 3. The third-order valence-electron chi connectivity index (χ3n) is 2.54. The number of anilines is 1. The maximum absolute atomic E-state index is 5.86. The number of nitrogens with two attached hydrogens (primary N) is 1. The van der Waals surface area contributed by atoms with Gasteiger partial charge in [-0.1, -0.05) is 18.2 Å². The first kappa shape index (κ1) is 10.5. The molecule has 1 heterocycles. The molecule has 1 aromatic heterocycles. The Hall–Kier alpha value is -1.97. The van der Waals surface area contributed by atoms with Crippen molar-refractivity contribution in [1.82, 2.24) is 15.2 Å². The molecule has 2 rings (SSSR count). The van der Waals surface area contributed by atoms with Crippen molar-refractivity contribution in [1.29, 1.82) is 0 Å². The van der Waals surface area contributed by atoms with Crippen molar-refractivity contribution in [2.45, 2.75) is 20.3 Å². The van der Waals surface area contributed by atoms with Crippen LogP contribution >= 0.6 is 0 Å². The van der Waals surface area contributed by atoms with E-state index in [1.165, 1.54) is 0 Å². The number of nitrogens with zero attached hydrogens (tertiary/aromatic N) is 3. The summed E-state index contributed by atoms with van der Waals surface area (Å²) in [5, 5.41) is 8.11. The highest BCUT2D eigenvalue weighted by Crippen LogP contribution is 2.13. The summed E-state index contributed by atoms with van der Waals surface area (Å²) in [5.74, 6) is 0.709. The Morgan fingerprint density at radius 2 is 1.81 bits per heavy atom. The van der Waals surface area contributed by atoms with Crippen molar-refractivity contribution < 1.29 is 0 Å². The first-order chi connectivity index (χ1) is 7.66. The number of hydrogen-bond acceptors (Lipinski definition) is 4. The van der Waals surface area contributed by atoms with Crippen molar-refractivity contribution in [3.8, 4) is 0 Å². The average Bonchev–Trinajstić information content (AvgIpc) is 2.27. The van der Waals surface area contributed by atoms with Gasteiger partial charge in [-0.25, -0.2) is 4.98 Å². The van der Waals surface area contributed by atoms with Crippen molar-refractivity contribution in [3.05, 3.63) is 47.0 Å². The maximum atomic E-state index is 5.86. The molecule has 2 N–H and O–H groups in total. The molecule has 0 unspecified atom stereocenters. The summed E-state index contributed by atoms with van der Waals surface area (Å²) in [4.78, 5) is 4.38. The van der Waals surface area contributed by atoms with E-state index in [2.05, 4.69) is 15.2 Å². The average molecular weight is 214 g/mol. The number of para-hydroxylation sites is 1. The van der Waals surface area contributed by atoms with E-state index < -0.39 is 0 Å². The van der Waals surface area contributed by atoms with Crippen LogP contribution in [0.3, 0.4) is 0 Å². The second-order valence-electron chi connectivity index (χ2n) is 3.77. The molecule has 0 saturated heterocycles. The van der Waals surface area contributed by atoms with Crippen LogP contribution < -0.4 is 5.73 Å². The Morgan fingerprint density at radius 3 is 2.50 bits per heavy atom. The number of nitrogen functional groups attached to an aromatic ring is 1. The van der Waals surface area contributed by atoms with Crippen molar-refractivity contribution in [2.75, 3.05) is 5.73 Å². The van der Waals surface area contributed by atoms with E-state index in [4.69, 9.17) is 5.73 Å². The number of rotatable bonds is 2. The van der Waals surface area contributed by atoms with Gasteiger partial charge in [-0.15, -0.1) is 5.10 Å². The molecule has 4 heteroatoms. The van der Waals surface area contributed by atoms with E-state index in [0.717, 1.165) is 22.6 Å². The fourth-order valence-corrected chi connectivity index (χ4v) is 1.44. The zero-order valence-corrected chi connectivity index (χ0v) is 9.44. The lowest BCUT2D eigenvalue weighted by Crippen LogP contribution is -2.04. The molecule has 0 saturated carbocycles. The Balaban J connectivity index is 2.28. The van der Waals surface area contributed by atoms with Gasteiger partial charge in [-0.3, -0.25) is 0 Å². The fourth-order valence-electron chi connectivity index (χ4n) is 1.44. The minimum Gasteiger partial charge on any atom is -0.398 e. The van der Waals surface area contributed by atoms with Gasteiger partial charge in [0.05, 0.1) is 11.4 Å². The molecule has 16 heavy (non-hydrogen) atoms. The van der Waals surface area contributed by atoms with E-state index >= 15 is 0 Å². The normalized spacial score (nSPS) is 10.4. The monoisotopic (exact) mass is 214 g/mol. The van der Waals surface area contributed by atoms with Crippen LogP contribution in [0.4, 0.5) is 5.69 Å². The lowest BCUT2D eigenvalue weighted by atomic mass is 10.1. The van der Waals surface area contributed by atoms with Crippen LogP contribution in [0.1, 0.15) is 22.8 Å². The third-order valence-corrected chi connectivity index (χ3v) is 2.54. The van der Waals surface area contributed by atoms with E-state index in [-0.39, 0.29) is 0 Å². The summed E-state index contributed by atoms with van der Waals surface area (Å²) in [7, 11) is 0. The molecule has 0 bridgehead atoms. The summed E-state index contributed by atoms with van der Waals surface area (Å²) in [6.07, 6.45) is 0.626. The fraction of sp³-hybridized carbons (Fsp3) is 0.250. The smallest absolute Gasteiger partial charge is 0.155 e. The molecule has 0 atom stereocenters. The Kier molecular flexibility index (Phi) is 2.81. The SMILES string of the molecule is Cc1nnc(Cc2ccccc2N)nc1C. The van der Waals surface area contributed by atoms with Crippen LogP contribution in [0.5, 0.6) is 0 Å². The van der Waals surface area contributed by atoms with Crippen LogP contribution in [0.25, 0.3) is 0 Å². The van der Waals surface area contributed by atoms with E-state index in [1.807, 2.05) is 38.1 Å². The third kappa shape index (κ3) is 2.16. The molecule has 1 aromatic carbocycles. The van der Waals surface area contributed by atoms with Crippen LogP contribution in [0, 0.1) is 13.8 Å². The molecular formula is C12H14N4. The molecule has 2 aromatic rings. The quantitative estimate of drug-likeness (QED) is 0.772. The molecule has 0 radical (unpaired) electrons. The summed E-state index contributed by atoms with van der Waals surface area (Å²) in [5.41, 5.74) is 9.44. The number of hydrogen-bond donors (Lipinski definition) is 1. The van der Waals surface area contributed by atoms with Gasteiger partial charge < -0.3 is 5.73 Å². The molecule has 0 aliphatic carbocycles. The van der Waals surface area contributed by atoms with Crippen molar-refractivity contribution in [2.24, 2.45) is 0 Å². The lowest BCUT2D eigenvalue weighted by molar-refractivity contribution is 0.818. The van der Waals surface area contributed by atoms with Crippen LogP contribution in [0.2, 0.25) is 0 Å². The predicted octanol–water partition coefficient (Wildman–Crippen LogP) is 1.66. The highest BCUT2D eigenvalue weighted by molar-refractivity contribution is 5.47. The lowest BCUT2D eigenvalue weighted by Gasteiger charge is -2.04. The summed E-state index contributed by atoms with van der Waals surface area (Å²) in [6.45, 7) is 3.83. The summed E-state index contributed by atoms with van der Waals surface area (Å²) < 4.78 is 0. The van der Waals surface area contributed by atoms with Gasteiger partial charge in [-0.2, -0.15) is 5.10 Å². The molecule has 4 nitrogen and oxygen atoms in total. The van der Waals surface area contributed by atoms with Gasteiger partial charge in [0.2, 0.25) is 0 Å². The second-order valence-corrected chi connectivity index (χ2v) is 3.77. The molecule has 82 valence electrons. The Bertz CT molecular complexity index is 508. The first-order valence-electron chi connectivity index (χ1n) is 5.17. The minimum atomic E-state index is 0.626. The first-order valence-corrected chi connectivity index (χ1v) is 5.17. The highest BCUT2D eigenvalue weighted by Gasteiger charge is 2.04. The zero-order valence-electron chi connectivity index (χ0n) is 9.44. The predicted molar refractivity (Wildman–Crippen MR) is 63.0 cm³/mol. The highest BCUT2D eigenvalue weighted by atomic mass is 15.2. The minimum absolute atomic E-state index is 0.626. The van der Waals surface area contributed by atoms with Crippen LogP contribution in [-0.2, 0) is 6.42 Å². The topological polar surface area (TPSA) is 64.7 Å².